The first-order valence-corrected chi connectivity index (χ1v) is 7.67. The number of carbonyl (C=O) groups is 2. The monoisotopic (exact) mass is 297 g/mol. The maximum absolute atomic E-state index is 12.2. The topological polar surface area (TPSA) is 92.2 Å². The number of anilines is 1. The highest BCUT2D eigenvalue weighted by molar-refractivity contribution is 7.15. The van der Waals surface area contributed by atoms with Gasteiger partial charge in [0.25, 0.3) is 0 Å². The molecule has 1 fully saturated rings. The minimum Gasteiger partial charge on any atom is -0.481 e. The maximum Gasteiger partial charge on any atom is 0.307 e. The first-order valence-electron chi connectivity index (χ1n) is 6.86. The van der Waals surface area contributed by atoms with Crippen LogP contribution in [-0.2, 0) is 9.59 Å². The van der Waals surface area contributed by atoms with Gasteiger partial charge in [-0.3, -0.25) is 9.59 Å². The molecule has 6 nitrogen and oxygen atoms in total. The Hall–Kier alpha value is -1.50. The van der Waals surface area contributed by atoms with E-state index in [0.717, 1.165) is 17.8 Å². The number of amides is 1. The van der Waals surface area contributed by atoms with E-state index in [-0.39, 0.29) is 11.8 Å². The minimum absolute atomic E-state index is 0.247. The van der Waals surface area contributed by atoms with E-state index in [2.05, 4.69) is 15.5 Å². The second kappa shape index (κ2) is 6.30. The highest BCUT2D eigenvalue weighted by atomic mass is 32.1. The molecule has 1 aromatic rings. The van der Waals surface area contributed by atoms with Crippen molar-refractivity contribution in [3.05, 3.63) is 5.01 Å². The molecule has 1 saturated carbocycles. The summed E-state index contributed by atoms with van der Waals surface area (Å²) in [4.78, 5) is 23.4. The molecule has 7 heteroatoms. The summed E-state index contributed by atoms with van der Waals surface area (Å²) in [5.74, 6) is -1.91. The molecule has 1 aliphatic carbocycles. The van der Waals surface area contributed by atoms with Crippen LogP contribution < -0.4 is 5.32 Å². The molecule has 1 heterocycles. The van der Waals surface area contributed by atoms with E-state index >= 15 is 0 Å². The summed E-state index contributed by atoms with van der Waals surface area (Å²) in [6.07, 6.45) is 2.96. The van der Waals surface area contributed by atoms with Crippen LogP contribution in [0.2, 0.25) is 0 Å². The molecule has 2 N–H and O–H groups in total. The first kappa shape index (κ1) is 14.9. The van der Waals surface area contributed by atoms with Crippen molar-refractivity contribution in [1.82, 2.24) is 10.2 Å². The average Bonchev–Trinajstić information content (AvgIpc) is 2.87. The molecule has 0 bridgehead atoms. The lowest BCUT2D eigenvalue weighted by Crippen LogP contribution is -2.36. The largest absolute Gasteiger partial charge is 0.481 e. The first-order chi connectivity index (χ1) is 9.49. The number of hydrogen-bond acceptors (Lipinski definition) is 5. The molecule has 2 rings (SSSR count). The van der Waals surface area contributed by atoms with Gasteiger partial charge in [-0.2, -0.15) is 0 Å². The Balaban J connectivity index is 2.04. The van der Waals surface area contributed by atoms with Crippen molar-refractivity contribution in [3.63, 3.8) is 0 Å². The molecule has 1 aliphatic rings. The van der Waals surface area contributed by atoms with Crippen molar-refractivity contribution in [2.75, 3.05) is 5.32 Å². The van der Waals surface area contributed by atoms with Gasteiger partial charge in [0.15, 0.2) is 0 Å². The second-order valence-electron chi connectivity index (χ2n) is 5.43. The molecule has 1 aromatic heterocycles. The fourth-order valence-electron chi connectivity index (χ4n) is 2.46. The number of rotatable bonds is 4. The number of carboxylic acids is 1. The van der Waals surface area contributed by atoms with Crippen molar-refractivity contribution in [3.8, 4) is 0 Å². The smallest absolute Gasteiger partial charge is 0.307 e. The molecule has 2 atom stereocenters. The maximum atomic E-state index is 12.2. The van der Waals surface area contributed by atoms with E-state index in [4.69, 9.17) is 0 Å². The van der Waals surface area contributed by atoms with Crippen LogP contribution >= 0.6 is 11.3 Å². The van der Waals surface area contributed by atoms with Gasteiger partial charge in [-0.15, -0.1) is 10.2 Å². The molecule has 0 radical (unpaired) electrons. The zero-order valence-electron chi connectivity index (χ0n) is 11.6. The number of carbonyl (C=O) groups excluding carboxylic acids is 1. The van der Waals surface area contributed by atoms with Gasteiger partial charge < -0.3 is 10.4 Å². The Morgan fingerprint density at radius 1 is 1.25 bits per heavy atom. The fraction of sp³-hybridized carbons (Fsp3) is 0.692. The van der Waals surface area contributed by atoms with Crippen LogP contribution in [-0.4, -0.2) is 27.2 Å². The predicted octanol–water partition coefficient (Wildman–Crippen LogP) is 2.49. The number of aromatic nitrogens is 2. The van der Waals surface area contributed by atoms with Gasteiger partial charge in [0, 0.05) is 5.92 Å². The van der Waals surface area contributed by atoms with E-state index in [0.29, 0.717) is 18.0 Å². The average molecular weight is 297 g/mol. The van der Waals surface area contributed by atoms with Crippen LogP contribution in [0.4, 0.5) is 5.13 Å². The Morgan fingerprint density at radius 2 is 1.90 bits per heavy atom. The Kier molecular flexibility index (Phi) is 4.69. The summed E-state index contributed by atoms with van der Waals surface area (Å²) in [6, 6.07) is 0. The number of nitrogens with one attached hydrogen (secondary N) is 1. The Morgan fingerprint density at radius 3 is 2.45 bits per heavy atom. The van der Waals surface area contributed by atoms with E-state index in [1.807, 2.05) is 13.8 Å². The van der Waals surface area contributed by atoms with Gasteiger partial charge >= 0.3 is 5.97 Å². The summed E-state index contributed by atoms with van der Waals surface area (Å²) < 4.78 is 0. The third-order valence-corrected chi connectivity index (χ3v) is 4.72. The van der Waals surface area contributed by atoms with Crippen molar-refractivity contribution in [1.29, 1.82) is 0 Å². The predicted molar refractivity (Wildman–Crippen MR) is 75.7 cm³/mol. The van der Waals surface area contributed by atoms with Crippen molar-refractivity contribution in [2.45, 2.75) is 45.4 Å². The highest BCUT2D eigenvalue weighted by Gasteiger charge is 2.36. The number of aliphatic carboxylic acids is 1. The Bertz CT molecular complexity index is 501. The third-order valence-electron chi connectivity index (χ3n) is 3.58. The summed E-state index contributed by atoms with van der Waals surface area (Å²) in [5, 5.41) is 21.2. The van der Waals surface area contributed by atoms with Gasteiger partial charge in [-0.05, 0) is 12.8 Å². The molecule has 0 spiro atoms. The lowest BCUT2D eigenvalue weighted by molar-refractivity contribution is -0.147. The zero-order valence-corrected chi connectivity index (χ0v) is 12.4. The van der Waals surface area contributed by atoms with Gasteiger partial charge in [0.1, 0.15) is 5.01 Å². The summed E-state index contributed by atoms with van der Waals surface area (Å²) in [6.45, 7) is 4.02. The highest BCUT2D eigenvalue weighted by Crippen LogP contribution is 2.32. The van der Waals surface area contributed by atoms with Crippen LogP contribution in [0.3, 0.4) is 0 Å². The Labute approximate surface area is 121 Å². The fourth-order valence-corrected chi connectivity index (χ4v) is 3.21. The summed E-state index contributed by atoms with van der Waals surface area (Å²) in [5.41, 5.74) is 0. The quantitative estimate of drug-likeness (QED) is 0.890. The normalized spacial score (nSPS) is 22.8. The van der Waals surface area contributed by atoms with E-state index in [1.54, 1.807) is 0 Å². The van der Waals surface area contributed by atoms with Crippen molar-refractivity contribution in [2.24, 2.45) is 11.8 Å². The van der Waals surface area contributed by atoms with Crippen molar-refractivity contribution >= 4 is 28.3 Å². The third kappa shape index (κ3) is 3.33. The number of carboxylic acid groups (broad SMARTS) is 1. The lowest BCUT2D eigenvalue weighted by atomic mass is 9.79. The molecule has 0 aliphatic heterocycles. The molecule has 20 heavy (non-hydrogen) atoms. The van der Waals surface area contributed by atoms with E-state index in [9.17, 15) is 14.7 Å². The minimum atomic E-state index is -0.884. The molecule has 0 unspecified atom stereocenters. The summed E-state index contributed by atoms with van der Waals surface area (Å²) in [7, 11) is 0. The van der Waals surface area contributed by atoms with Gasteiger partial charge in [-0.25, -0.2) is 0 Å². The zero-order chi connectivity index (χ0) is 14.7. The number of nitrogens with zero attached hydrogens (tertiary/aromatic N) is 2. The number of hydrogen-bond donors (Lipinski definition) is 2. The second-order valence-corrected chi connectivity index (χ2v) is 6.43. The summed E-state index contributed by atoms with van der Waals surface area (Å²) >= 11 is 1.34. The molecule has 110 valence electrons. The van der Waals surface area contributed by atoms with Crippen LogP contribution in [0.5, 0.6) is 0 Å². The molecule has 0 saturated heterocycles. The van der Waals surface area contributed by atoms with E-state index < -0.39 is 17.8 Å². The van der Waals surface area contributed by atoms with Gasteiger partial charge in [-0.1, -0.05) is 38.0 Å². The molecule has 0 aromatic carbocycles. The van der Waals surface area contributed by atoms with Gasteiger partial charge in [0.2, 0.25) is 11.0 Å². The molecule has 1 amide bonds. The van der Waals surface area contributed by atoms with Crippen LogP contribution in [0, 0.1) is 11.8 Å². The SMILES string of the molecule is CC(C)c1nnc(NC(=O)[C@@H]2CCCC[C@H]2C(=O)O)s1. The van der Waals surface area contributed by atoms with Crippen molar-refractivity contribution < 1.29 is 14.7 Å². The van der Waals surface area contributed by atoms with Crippen LogP contribution in [0.1, 0.15) is 50.5 Å². The van der Waals surface area contributed by atoms with Gasteiger partial charge in [0.05, 0.1) is 11.8 Å². The molecular weight excluding hydrogens is 278 g/mol. The van der Waals surface area contributed by atoms with Crippen LogP contribution in [0.15, 0.2) is 0 Å². The molecular formula is C13H19N3O3S. The standard InChI is InChI=1S/C13H19N3O3S/c1-7(2)11-15-16-13(20-11)14-10(17)8-5-3-4-6-9(8)12(18)19/h7-9H,3-6H2,1-2H3,(H,18,19)(H,14,16,17)/t8-,9-/m1/s1. The van der Waals surface area contributed by atoms with E-state index in [1.165, 1.54) is 11.3 Å². The van der Waals surface area contributed by atoms with Crippen LogP contribution in [0.25, 0.3) is 0 Å². The lowest BCUT2D eigenvalue weighted by Gasteiger charge is -2.26.